The molecule has 0 spiro atoms. The molecule has 0 radical (unpaired) electrons. The van der Waals surface area contributed by atoms with Crippen LogP contribution >= 0.6 is 0 Å². The molecule has 6 heteroatoms. The van der Waals surface area contributed by atoms with Crippen LogP contribution in [0.25, 0.3) is 0 Å². The second-order valence-electron chi connectivity index (χ2n) is 4.74. The van der Waals surface area contributed by atoms with E-state index < -0.39 is 0 Å². The number of nitrogens with zero attached hydrogens (tertiary/aromatic N) is 2. The molecule has 0 aromatic carbocycles. The molecule has 0 atom stereocenters. The second kappa shape index (κ2) is 7.00. The minimum absolute atomic E-state index is 0.156. The molecule has 0 saturated carbocycles. The highest BCUT2D eigenvalue weighted by atomic mass is 16.1. The van der Waals surface area contributed by atoms with Crippen molar-refractivity contribution >= 4 is 11.7 Å². The van der Waals surface area contributed by atoms with Crippen LogP contribution < -0.4 is 11.1 Å². The van der Waals surface area contributed by atoms with Crippen LogP contribution in [-0.4, -0.2) is 47.2 Å². The van der Waals surface area contributed by atoms with Crippen molar-refractivity contribution in [2.75, 3.05) is 25.9 Å². The molecule has 0 bridgehead atoms. The molecular formula is C12H23N5O. The molecule has 6 nitrogen and oxygen atoms in total. The van der Waals surface area contributed by atoms with Crippen molar-refractivity contribution in [3.8, 4) is 0 Å². The fraction of sp³-hybridized carbons (Fsp3) is 0.667. The maximum atomic E-state index is 11.6. The standard InChI is InChI=1S/C12H23N5O/c1-9(2)17(3)7-5-4-6-14-12(18)10-8-11(13)16-15-10/h8-9H,4-7H2,1-3H3,(H,14,18)(H3,13,15,16). The number of hydrogen-bond acceptors (Lipinski definition) is 4. The third kappa shape index (κ3) is 4.75. The summed E-state index contributed by atoms with van der Waals surface area (Å²) in [7, 11) is 2.11. The summed E-state index contributed by atoms with van der Waals surface area (Å²) in [5.74, 6) is 0.176. The second-order valence-corrected chi connectivity index (χ2v) is 4.74. The monoisotopic (exact) mass is 253 g/mol. The molecule has 102 valence electrons. The van der Waals surface area contributed by atoms with Gasteiger partial charge in [-0.05, 0) is 40.3 Å². The van der Waals surface area contributed by atoms with E-state index in [0.29, 0.717) is 24.1 Å². The van der Waals surface area contributed by atoms with E-state index in [0.717, 1.165) is 19.4 Å². The average molecular weight is 253 g/mol. The van der Waals surface area contributed by atoms with E-state index in [2.05, 4.69) is 41.3 Å². The molecule has 18 heavy (non-hydrogen) atoms. The lowest BCUT2D eigenvalue weighted by Crippen LogP contribution is -2.29. The first-order valence-electron chi connectivity index (χ1n) is 6.30. The Hall–Kier alpha value is -1.56. The van der Waals surface area contributed by atoms with E-state index in [1.807, 2.05) is 0 Å². The predicted octanol–water partition coefficient (Wildman–Crippen LogP) is 0.842. The fourth-order valence-electron chi connectivity index (χ4n) is 1.50. The third-order valence-electron chi connectivity index (χ3n) is 2.95. The van der Waals surface area contributed by atoms with Crippen molar-refractivity contribution in [1.29, 1.82) is 0 Å². The number of hydrogen-bond donors (Lipinski definition) is 3. The molecule has 0 saturated heterocycles. The van der Waals surface area contributed by atoms with Gasteiger partial charge in [-0.25, -0.2) is 0 Å². The number of aromatic nitrogens is 2. The predicted molar refractivity (Wildman–Crippen MR) is 72.3 cm³/mol. The van der Waals surface area contributed by atoms with Gasteiger partial charge >= 0.3 is 0 Å². The van der Waals surface area contributed by atoms with E-state index in [4.69, 9.17) is 5.73 Å². The molecule has 0 aliphatic rings. The van der Waals surface area contributed by atoms with Crippen molar-refractivity contribution < 1.29 is 4.79 Å². The van der Waals surface area contributed by atoms with Gasteiger partial charge in [-0.1, -0.05) is 0 Å². The summed E-state index contributed by atoms with van der Waals surface area (Å²) in [5, 5.41) is 9.12. The van der Waals surface area contributed by atoms with Gasteiger partial charge in [0.1, 0.15) is 11.5 Å². The minimum atomic E-state index is -0.156. The highest BCUT2D eigenvalue weighted by Crippen LogP contribution is 2.00. The largest absolute Gasteiger partial charge is 0.382 e. The maximum absolute atomic E-state index is 11.6. The summed E-state index contributed by atoms with van der Waals surface area (Å²) in [4.78, 5) is 13.9. The lowest BCUT2D eigenvalue weighted by atomic mass is 10.2. The average Bonchev–Trinajstić information content (AvgIpc) is 2.74. The molecule has 4 N–H and O–H groups in total. The molecule has 1 amide bonds. The van der Waals surface area contributed by atoms with Crippen LogP contribution in [0, 0.1) is 0 Å². The molecule has 0 aliphatic carbocycles. The molecule has 0 aliphatic heterocycles. The smallest absolute Gasteiger partial charge is 0.269 e. The van der Waals surface area contributed by atoms with E-state index >= 15 is 0 Å². The zero-order chi connectivity index (χ0) is 13.5. The zero-order valence-electron chi connectivity index (χ0n) is 11.4. The lowest BCUT2D eigenvalue weighted by molar-refractivity contribution is 0.0947. The Morgan fingerprint density at radius 3 is 2.83 bits per heavy atom. The fourth-order valence-corrected chi connectivity index (χ4v) is 1.50. The van der Waals surface area contributed by atoms with Crippen LogP contribution in [0.1, 0.15) is 37.2 Å². The minimum Gasteiger partial charge on any atom is -0.382 e. The number of nitrogens with two attached hydrogens (primary N) is 1. The van der Waals surface area contributed by atoms with Crippen molar-refractivity contribution in [2.24, 2.45) is 0 Å². The van der Waals surface area contributed by atoms with Crippen LogP contribution in [0.15, 0.2) is 6.07 Å². The molecule has 0 unspecified atom stereocenters. The summed E-state index contributed by atoms with van der Waals surface area (Å²) < 4.78 is 0. The Morgan fingerprint density at radius 2 is 2.28 bits per heavy atom. The van der Waals surface area contributed by atoms with Crippen LogP contribution in [0.4, 0.5) is 5.82 Å². The van der Waals surface area contributed by atoms with Gasteiger partial charge < -0.3 is 16.0 Å². The first-order valence-corrected chi connectivity index (χ1v) is 6.30. The van der Waals surface area contributed by atoms with E-state index in [1.54, 1.807) is 0 Å². The number of nitrogens with one attached hydrogen (secondary N) is 2. The maximum Gasteiger partial charge on any atom is 0.269 e. The summed E-state index contributed by atoms with van der Waals surface area (Å²) in [5.41, 5.74) is 5.84. The first kappa shape index (κ1) is 14.5. The van der Waals surface area contributed by atoms with Crippen molar-refractivity contribution in [1.82, 2.24) is 20.4 Å². The summed E-state index contributed by atoms with van der Waals surface area (Å²) in [6.07, 6.45) is 2.03. The van der Waals surface area contributed by atoms with Crippen LogP contribution in [0.5, 0.6) is 0 Å². The van der Waals surface area contributed by atoms with E-state index in [-0.39, 0.29) is 5.91 Å². The molecule has 1 rings (SSSR count). The number of aromatic amines is 1. The van der Waals surface area contributed by atoms with E-state index in [9.17, 15) is 4.79 Å². The number of unbranched alkanes of at least 4 members (excludes halogenated alkanes) is 1. The Balaban J connectivity index is 2.13. The Bertz CT molecular complexity index is 374. The molecule has 0 fully saturated rings. The van der Waals surface area contributed by atoms with E-state index in [1.165, 1.54) is 6.07 Å². The Labute approximate surface area is 108 Å². The summed E-state index contributed by atoms with van der Waals surface area (Å²) >= 11 is 0. The van der Waals surface area contributed by atoms with Gasteiger partial charge in [0, 0.05) is 18.7 Å². The zero-order valence-corrected chi connectivity index (χ0v) is 11.4. The number of anilines is 1. The SMILES string of the molecule is CC(C)N(C)CCCCNC(=O)c1cc(N)n[nH]1. The Morgan fingerprint density at radius 1 is 1.56 bits per heavy atom. The van der Waals surface area contributed by atoms with Gasteiger partial charge in [0.15, 0.2) is 0 Å². The number of H-pyrrole nitrogens is 1. The number of carbonyl (C=O) groups is 1. The first-order chi connectivity index (χ1) is 8.50. The molecular weight excluding hydrogens is 230 g/mol. The highest BCUT2D eigenvalue weighted by Gasteiger charge is 2.07. The van der Waals surface area contributed by atoms with Crippen LogP contribution in [0.3, 0.4) is 0 Å². The summed E-state index contributed by atoms with van der Waals surface area (Å²) in [6.45, 7) is 6.06. The van der Waals surface area contributed by atoms with Crippen molar-refractivity contribution in [3.05, 3.63) is 11.8 Å². The number of nitrogen functional groups attached to an aromatic ring is 1. The van der Waals surface area contributed by atoms with Gasteiger partial charge in [-0.2, -0.15) is 5.10 Å². The third-order valence-corrected chi connectivity index (χ3v) is 2.95. The van der Waals surface area contributed by atoms with Gasteiger partial charge in [0.2, 0.25) is 0 Å². The Kier molecular flexibility index (Phi) is 5.64. The van der Waals surface area contributed by atoms with Crippen LogP contribution in [0.2, 0.25) is 0 Å². The topological polar surface area (TPSA) is 87.0 Å². The highest BCUT2D eigenvalue weighted by molar-refractivity contribution is 5.92. The summed E-state index contributed by atoms with van der Waals surface area (Å²) in [6, 6.07) is 2.09. The lowest BCUT2D eigenvalue weighted by Gasteiger charge is -2.20. The van der Waals surface area contributed by atoms with Gasteiger partial charge in [0.25, 0.3) is 5.91 Å². The quantitative estimate of drug-likeness (QED) is 0.628. The normalized spacial score (nSPS) is 11.2. The van der Waals surface area contributed by atoms with Crippen LogP contribution in [-0.2, 0) is 0 Å². The number of amides is 1. The van der Waals surface area contributed by atoms with Gasteiger partial charge in [0.05, 0.1) is 0 Å². The van der Waals surface area contributed by atoms with Gasteiger partial charge in [-0.3, -0.25) is 9.89 Å². The number of carbonyl (C=O) groups excluding carboxylic acids is 1. The van der Waals surface area contributed by atoms with Crippen molar-refractivity contribution in [2.45, 2.75) is 32.7 Å². The molecule has 1 heterocycles. The van der Waals surface area contributed by atoms with Gasteiger partial charge in [-0.15, -0.1) is 0 Å². The molecule has 1 aromatic rings. The number of rotatable bonds is 7. The molecule has 1 aromatic heterocycles. The van der Waals surface area contributed by atoms with Crippen molar-refractivity contribution in [3.63, 3.8) is 0 Å².